The van der Waals surface area contributed by atoms with Crippen molar-refractivity contribution in [2.24, 2.45) is 0 Å². The van der Waals surface area contributed by atoms with E-state index in [0.717, 1.165) is 52.3 Å². The standard InChI is InChI=1S/C23H20F3N5OS/c24-23(25,26)15-10-18(32)21(27-11-15)31-8-6-16(7-9-31)30-20-19-17(14-4-2-1-3-5-14)12-33-22(19)29-13-28-20/h1-5,10-13,16,32H,6-9H2,(H,28,29,30). The molecule has 33 heavy (non-hydrogen) atoms. The molecule has 5 rings (SSSR count). The van der Waals surface area contributed by atoms with Crippen molar-refractivity contribution >= 4 is 33.2 Å². The highest BCUT2D eigenvalue weighted by molar-refractivity contribution is 7.17. The average molecular weight is 472 g/mol. The van der Waals surface area contributed by atoms with Crippen LogP contribution in [0.3, 0.4) is 0 Å². The second-order valence-corrected chi connectivity index (χ2v) is 8.75. The number of pyridine rings is 1. The van der Waals surface area contributed by atoms with Crippen molar-refractivity contribution in [3.63, 3.8) is 0 Å². The van der Waals surface area contributed by atoms with Crippen LogP contribution in [0, 0.1) is 0 Å². The van der Waals surface area contributed by atoms with Crippen LogP contribution in [0.2, 0.25) is 0 Å². The molecule has 1 aromatic carbocycles. The van der Waals surface area contributed by atoms with Crippen molar-refractivity contribution in [3.05, 3.63) is 59.9 Å². The van der Waals surface area contributed by atoms with Gasteiger partial charge in [0.05, 0.1) is 10.9 Å². The Hall–Kier alpha value is -3.40. The lowest BCUT2D eigenvalue weighted by molar-refractivity contribution is -0.137. The Morgan fingerprint density at radius 3 is 2.52 bits per heavy atom. The number of aromatic nitrogens is 3. The van der Waals surface area contributed by atoms with E-state index in [9.17, 15) is 18.3 Å². The lowest BCUT2D eigenvalue weighted by atomic mass is 10.0. The predicted molar refractivity (Wildman–Crippen MR) is 123 cm³/mol. The van der Waals surface area contributed by atoms with E-state index in [-0.39, 0.29) is 11.9 Å². The van der Waals surface area contributed by atoms with Gasteiger partial charge in [-0.15, -0.1) is 11.3 Å². The second kappa shape index (κ2) is 8.51. The fourth-order valence-corrected chi connectivity index (χ4v) is 5.00. The summed E-state index contributed by atoms with van der Waals surface area (Å²) in [6, 6.07) is 10.9. The molecule has 1 saturated heterocycles. The molecule has 4 aromatic rings. The van der Waals surface area contributed by atoms with Crippen molar-refractivity contribution in [3.8, 4) is 16.9 Å². The Balaban J connectivity index is 1.32. The number of rotatable bonds is 4. The van der Waals surface area contributed by atoms with E-state index in [4.69, 9.17) is 0 Å². The van der Waals surface area contributed by atoms with E-state index < -0.39 is 17.5 Å². The Morgan fingerprint density at radius 2 is 1.82 bits per heavy atom. The molecule has 0 spiro atoms. The summed E-state index contributed by atoms with van der Waals surface area (Å²) in [5.41, 5.74) is 1.22. The van der Waals surface area contributed by atoms with Gasteiger partial charge in [0.15, 0.2) is 11.6 Å². The summed E-state index contributed by atoms with van der Waals surface area (Å²) in [4.78, 5) is 15.5. The van der Waals surface area contributed by atoms with E-state index in [2.05, 4.69) is 37.8 Å². The van der Waals surface area contributed by atoms with Gasteiger partial charge in [-0.25, -0.2) is 15.0 Å². The number of thiophene rings is 1. The second-order valence-electron chi connectivity index (χ2n) is 7.89. The quantitative estimate of drug-likeness (QED) is 0.406. The molecule has 3 aromatic heterocycles. The number of nitrogens with one attached hydrogen (secondary N) is 1. The summed E-state index contributed by atoms with van der Waals surface area (Å²) in [6.07, 6.45) is -0.784. The largest absolute Gasteiger partial charge is 0.504 e. The molecule has 0 radical (unpaired) electrons. The maximum absolute atomic E-state index is 12.8. The van der Waals surface area contributed by atoms with Crippen LogP contribution in [0.5, 0.6) is 5.75 Å². The maximum Gasteiger partial charge on any atom is 0.418 e. The number of anilines is 2. The minimum absolute atomic E-state index is 0.125. The zero-order valence-electron chi connectivity index (χ0n) is 17.4. The zero-order valence-corrected chi connectivity index (χ0v) is 18.2. The van der Waals surface area contributed by atoms with Crippen LogP contribution in [-0.2, 0) is 6.18 Å². The third-order valence-corrected chi connectivity index (χ3v) is 6.65. The summed E-state index contributed by atoms with van der Waals surface area (Å²) in [7, 11) is 0. The Kier molecular flexibility index (Phi) is 5.53. The van der Waals surface area contributed by atoms with Crippen molar-refractivity contribution in [1.82, 2.24) is 15.0 Å². The fraction of sp³-hybridized carbons (Fsp3) is 0.261. The molecule has 4 heterocycles. The van der Waals surface area contributed by atoms with Crippen molar-refractivity contribution < 1.29 is 18.3 Å². The number of halogens is 3. The van der Waals surface area contributed by atoms with Gasteiger partial charge in [0.2, 0.25) is 0 Å². The minimum Gasteiger partial charge on any atom is -0.504 e. The third-order valence-electron chi connectivity index (χ3n) is 5.76. The van der Waals surface area contributed by atoms with Crippen LogP contribution in [0.15, 0.2) is 54.3 Å². The van der Waals surface area contributed by atoms with Gasteiger partial charge in [0.25, 0.3) is 0 Å². The summed E-state index contributed by atoms with van der Waals surface area (Å²) in [6.45, 7) is 1.10. The number of piperidine rings is 1. The summed E-state index contributed by atoms with van der Waals surface area (Å²) in [5.74, 6) is 0.489. The van der Waals surface area contributed by atoms with E-state index >= 15 is 0 Å². The van der Waals surface area contributed by atoms with Gasteiger partial charge in [0, 0.05) is 36.3 Å². The first kappa shape index (κ1) is 21.4. The Bertz CT molecular complexity index is 1270. The van der Waals surface area contributed by atoms with Crippen LogP contribution in [0.4, 0.5) is 24.8 Å². The highest BCUT2D eigenvalue weighted by atomic mass is 32.1. The van der Waals surface area contributed by atoms with Crippen LogP contribution in [-0.4, -0.2) is 39.2 Å². The lowest BCUT2D eigenvalue weighted by Gasteiger charge is -2.33. The molecular weight excluding hydrogens is 451 g/mol. The maximum atomic E-state index is 12.8. The van der Waals surface area contributed by atoms with Gasteiger partial charge in [-0.3, -0.25) is 0 Å². The number of nitrogens with zero attached hydrogens (tertiary/aromatic N) is 4. The van der Waals surface area contributed by atoms with Crippen LogP contribution in [0.1, 0.15) is 18.4 Å². The topological polar surface area (TPSA) is 74.2 Å². The van der Waals surface area contributed by atoms with E-state index in [1.54, 1.807) is 17.7 Å². The van der Waals surface area contributed by atoms with Gasteiger partial charge in [-0.1, -0.05) is 30.3 Å². The molecule has 0 amide bonds. The van der Waals surface area contributed by atoms with Crippen molar-refractivity contribution in [2.75, 3.05) is 23.3 Å². The highest BCUT2D eigenvalue weighted by Crippen LogP contribution is 2.38. The van der Waals surface area contributed by atoms with E-state index in [1.807, 2.05) is 23.1 Å². The van der Waals surface area contributed by atoms with E-state index in [0.29, 0.717) is 13.1 Å². The number of hydrogen-bond acceptors (Lipinski definition) is 7. The monoisotopic (exact) mass is 471 g/mol. The average Bonchev–Trinajstić information content (AvgIpc) is 3.25. The van der Waals surface area contributed by atoms with Crippen molar-refractivity contribution in [1.29, 1.82) is 0 Å². The number of alkyl halides is 3. The van der Waals surface area contributed by atoms with Gasteiger partial charge in [-0.2, -0.15) is 13.2 Å². The third kappa shape index (κ3) is 4.30. The van der Waals surface area contributed by atoms with Crippen LogP contribution in [0.25, 0.3) is 21.3 Å². The van der Waals surface area contributed by atoms with Crippen LogP contribution >= 0.6 is 11.3 Å². The molecule has 1 aliphatic rings. The number of fused-ring (bicyclic) bond motifs is 1. The molecule has 2 N–H and O–H groups in total. The zero-order chi connectivity index (χ0) is 23.0. The van der Waals surface area contributed by atoms with Gasteiger partial charge in [0.1, 0.15) is 17.0 Å². The van der Waals surface area contributed by atoms with Gasteiger partial charge < -0.3 is 15.3 Å². The molecule has 10 heteroatoms. The fourth-order valence-electron chi connectivity index (χ4n) is 4.09. The molecule has 0 bridgehead atoms. The molecule has 6 nitrogen and oxygen atoms in total. The molecule has 1 aliphatic heterocycles. The Labute approximate surface area is 191 Å². The van der Waals surface area contributed by atoms with E-state index in [1.165, 1.54) is 0 Å². The molecular formula is C23H20F3N5OS. The Morgan fingerprint density at radius 1 is 1.06 bits per heavy atom. The van der Waals surface area contributed by atoms with Crippen molar-refractivity contribution in [2.45, 2.75) is 25.1 Å². The predicted octanol–water partition coefficient (Wildman–Crippen LogP) is 5.56. The summed E-state index contributed by atoms with van der Waals surface area (Å²) >= 11 is 1.57. The molecule has 170 valence electrons. The number of hydrogen-bond donors (Lipinski definition) is 2. The summed E-state index contributed by atoms with van der Waals surface area (Å²) in [5, 5.41) is 16.7. The highest BCUT2D eigenvalue weighted by Gasteiger charge is 2.32. The number of benzene rings is 1. The first-order valence-corrected chi connectivity index (χ1v) is 11.3. The molecule has 0 aliphatic carbocycles. The molecule has 0 unspecified atom stereocenters. The first-order valence-electron chi connectivity index (χ1n) is 10.5. The summed E-state index contributed by atoms with van der Waals surface area (Å²) < 4.78 is 38.5. The minimum atomic E-state index is -4.54. The number of aromatic hydroxyl groups is 1. The van der Waals surface area contributed by atoms with Gasteiger partial charge in [-0.05, 0) is 24.5 Å². The smallest absolute Gasteiger partial charge is 0.418 e. The SMILES string of the molecule is Oc1cc(C(F)(F)F)cnc1N1CCC(Nc2ncnc3scc(-c4ccccc4)c23)CC1. The first-order chi connectivity index (χ1) is 15.9. The molecule has 1 fully saturated rings. The van der Waals surface area contributed by atoms with Crippen LogP contribution < -0.4 is 10.2 Å². The molecule has 0 saturated carbocycles. The normalized spacial score (nSPS) is 15.2. The molecule has 0 atom stereocenters. The lowest BCUT2D eigenvalue weighted by Crippen LogP contribution is -2.39. The van der Waals surface area contributed by atoms with Gasteiger partial charge >= 0.3 is 6.18 Å².